The molecule has 0 saturated carbocycles. The highest BCUT2D eigenvalue weighted by atomic mass is 32.2. The van der Waals surface area contributed by atoms with Crippen molar-refractivity contribution in [2.24, 2.45) is 0 Å². The van der Waals surface area contributed by atoms with Gasteiger partial charge in [0.25, 0.3) is 0 Å². The lowest BCUT2D eigenvalue weighted by Crippen LogP contribution is -2.46. The summed E-state index contributed by atoms with van der Waals surface area (Å²) in [5.74, 6) is 0.374. The lowest BCUT2D eigenvalue weighted by molar-refractivity contribution is -0.133. The fourth-order valence-electron chi connectivity index (χ4n) is 3.07. The quantitative estimate of drug-likeness (QED) is 0.678. The Hall–Kier alpha value is -1.93. The van der Waals surface area contributed by atoms with E-state index in [1.165, 1.54) is 11.8 Å². The van der Waals surface area contributed by atoms with Crippen molar-refractivity contribution in [3.63, 3.8) is 0 Å². The van der Waals surface area contributed by atoms with Crippen LogP contribution in [0.15, 0.2) is 35.5 Å². The summed E-state index contributed by atoms with van der Waals surface area (Å²) in [5, 5.41) is 12.5. The molecule has 1 aliphatic rings. The molecule has 0 spiro atoms. The summed E-state index contributed by atoms with van der Waals surface area (Å²) >= 11 is 1.38. The Kier molecular flexibility index (Phi) is 6.49. The predicted molar refractivity (Wildman–Crippen MR) is 104 cm³/mol. The number of hydrogen-bond acceptors (Lipinski definition) is 6. The van der Waals surface area contributed by atoms with Gasteiger partial charge in [0.05, 0.1) is 18.4 Å². The van der Waals surface area contributed by atoms with Gasteiger partial charge in [-0.2, -0.15) is 0 Å². The highest BCUT2D eigenvalue weighted by Gasteiger charge is 2.27. The van der Waals surface area contributed by atoms with E-state index in [0.717, 1.165) is 25.0 Å². The van der Waals surface area contributed by atoms with Gasteiger partial charge >= 0.3 is 0 Å². The van der Waals surface area contributed by atoms with Gasteiger partial charge in [0, 0.05) is 18.7 Å². The highest BCUT2D eigenvalue weighted by molar-refractivity contribution is 7.99. The van der Waals surface area contributed by atoms with Crippen LogP contribution in [0.3, 0.4) is 0 Å². The van der Waals surface area contributed by atoms with Crippen LogP contribution >= 0.6 is 11.8 Å². The number of carbonyl (C=O) groups is 1. The zero-order valence-corrected chi connectivity index (χ0v) is 17.0. The maximum absolute atomic E-state index is 12.9. The van der Waals surface area contributed by atoms with Gasteiger partial charge in [-0.15, -0.1) is 5.10 Å². The Balaban J connectivity index is 1.62. The van der Waals surface area contributed by atoms with Crippen molar-refractivity contribution in [3.8, 4) is 0 Å². The topological polar surface area (TPSA) is 73.1 Å². The van der Waals surface area contributed by atoms with Crippen molar-refractivity contribution in [3.05, 3.63) is 35.9 Å². The lowest BCUT2D eigenvalue weighted by Gasteiger charge is -2.36. The molecule has 0 bridgehead atoms. The molecule has 0 radical (unpaired) electrons. The molecule has 1 aliphatic heterocycles. The zero-order chi connectivity index (χ0) is 19.3. The van der Waals surface area contributed by atoms with Gasteiger partial charge in [-0.25, -0.2) is 4.68 Å². The molecule has 1 unspecified atom stereocenters. The van der Waals surface area contributed by atoms with Crippen molar-refractivity contribution in [1.82, 2.24) is 25.1 Å². The van der Waals surface area contributed by atoms with Crippen molar-refractivity contribution in [1.29, 1.82) is 0 Å². The Labute approximate surface area is 164 Å². The number of tetrazole rings is 1. The predicted octanol–water partition coefficient (Wildman–Crippen LogP) is 2.77. The average molecular weight is 390 g/mol. The summed E-state index contributed by atoms with van der Waals surface area (Å²) in [7, 11) is 0. The molecule has 146 valence electrons. The van der Waals surface area contributed by atoms with E-state index < -0.39 is 0 Å². The first-order valence-electron chi connectivity index (χ1n) is 9.28. The Morgan fingerprint density at radius 3 is 2.78 bits per heavy atom. The second-order valence-corrected chi connectivity index (χ2v) is 8.65. The van der Waals surface area contributed by atoms with Gasteiger partial charge in [0.15, 0.2) is 0 Å². The SMILES string of the molecule is CC(C)(C)N(Cc1ccccc1)C(=O)CSc1nnnn1CC1CCCO1. The Bertz CT molecular complexity index is 738. The number of thioether (sulfide) groups is 1. The summed E-state index contributed by atoms with van der Waals surface area (Å²) in [4.78, 5) is 14.9. The first kappa shape index (κ1) is 19.8. The summed E-state index contributed by atoms with van der Waals surface area (Å²) in [6.07, 6.45) is 2.26. The number of benzene rings is 1. The maximum Gasteiger partial charge on any atom is 0.233 e. The second kappa shape index (κ2) is 8.84. The van der Waals surface area contributed by atoms with Gasteiger partial charge < -0.3 is 9.64 Å². The van der Waals surface area contributed by atoms with Crippen LogP contribution in [0.5, 0.6) is 0 Å². The first-order chi connectivity index (χ1) is 12.9. The third-order valence-corrected chi connectivity index (χ3v) is 5.46. The molecule has 1 amide bonds. The molecule has 1 aromatic heterocycles. The van der Waals surface area contributed by atoms with Gasteiger partial charge in [0.2, 0.25) is 11.1 Å². The van der Waals surface area contributed by atoms with Gasteiger partial charge in [-0.3, -0.25) is 4.79 Å². The Morgan fingerprint density at radius 2 is 2.11 bits per heavy atom. The molecular formula is C19H27N5O2S. The van der Waals surface area contributed by atoms with E-state index >= 15 is 0 Å². The number of amides is 1. The van der Waals surface area contributed by atoms with Gasteiger partial charge in [0.1, 0.15) is 0 Å². The van der Waals surface area contributed by atoms with Crippen molar-refractivity contribution < 1.29 is 9.53 Å². The summed E-state index contributed by atoms with van der Waals surface area (Å²) in [6, 6.07) is 10.1. The fraction of sp³-hybridized carbons (Fsp3) is 0.579. The van der Waals surface area contributed by atoms with E-state index in [2.05, 4.69) is 36.3 Å². The first-order valence-corrected chi connectivity index (χ1v) is 10.3. The molecule has 3 rings (SSSR count). The number of nitrogens with zero attached hydrogens (tertiary/aromatic N) is 5. The minimum atomic E-state index is -0.267. The van der Waals surface area contributed by atoms with E-state index in [-0.39, 0.29) is 17.6 Å². The largest absolute Gasteiger partial charge is 0.376 e. The van der Waals surface area contributed by atoms with E-state index in [1.807, 2.05) is 35.2 Å². The number of carbonyl (C=O) groups excluding carboxylic acids is 1. The molecule has 7 nitrogen and oxygen atoms in total. The summed E-state index contributed by atoms with van der Waals surface area (Å²) in [5.41, 5.74) is 0.853. The molecule has 1 aromatic carbocycles. The normalized spacial score (nSPS) is 17.2. The number of rotatable bonds is 7. The van der Waals surface area contributed by atoms with Crippen LogP contribution in [-0.2, 0) is 22.6 Å². The van der Waals surface area contributed by atoms with Gasteiger partial charge in [-0.1, -0.05) is 42.1 Å². The van der Waals surface area contributed by atoms with E-state index in [0.29, 0.717) is 24.0 Å². The minimum absolute atomic E-state index is 0.0722. The van der Waals surface area contributed by atoms with Crippen LogP contribution in [0, 0.1) is 0 Å². The van der Waals surface area contributed by atoms with Gasteiger partial charge in [-0.05, 0) is 49.6 Å². The molecule has 2 aromatic rings. The number of hydrogen-bond donors (Lipinski definition) is 0. The standard InChI is InChI=1S/C19H27N5O2S/c1-19(2,3)23(12-15-8-5-4-6-9-15)17(25)14-27-18-20-21-22-24(18)13-16-10-7-11-26-16/h4-6,8-9,16H,7,10-14H2,1-3H3. The van der Waals surface area contributed by atoms with Crippen molar-refractivity contribution in [2.45, 2.75) is 63.5 Å². The molecule has 1 fully saturated rings. The molecule has 8 heteroatoms. The number of aromatic nitrogens is 4. The minimum Gasteiger partial charge on any atom is -0.376 e. The molecule has 27 heavy (non-hydrogen) atoms. The smallest absolute Gasteiger partial charge is 0.233 e. The van der Waals surface area contributed by atoms with Crippen LogP contribution in [0.25, 0.3) is 0 Å². The molecule has 1 saturated heterocycles. The Morgan fingerprint density at radius 1 is 1.33 bits per heavy atom. The monoisotopic (exact) mass is 389 g/mol. The van der Waals surface area contributed by atoms with Crippen LogP contribution in [0.2, 0.25) is 0 Å². The molecule has 1 atom stereocenters. The third-order valence-electron chi connectivity index (χ3n) is 4.52. The molecule has 0 N–H and O–H groups in total. The summed E-state index contributed by atoms with van der Waals surface area (Å²) < 4.78 is 7.40. The van der Waals surface area contributed by atoms with Crippen LogP contribution < -0.4 is 0 Å². The maximum atomic E-state index is 12.9. The van der Waals surface area contributed by atoms with Crippen LogP contribution in [0.4, 0.5) is 0 Å². The second-order valence-electron chi connectivity index (χ2n) is 7.70. The van der Waals surface area contributed by atoms with E-state index in [4.69, 9.17) is 4.74 Å². The molecule has 2 heterocycles. The molecular weight excluding hydrogens is 362 g/mol. The zero-order valence-electron chi connectivity index (χ0n) is 16.2. The number of ether oxygens (including phenoxy) is 1. The third kappa shape index (κ3) is 5.52. The molecule has 0 aliphatic carbocycles. The average Bonchev–Trinajstić information content (AvgIpc) is 3.30. The van der Waals surface area contributed by atoms with Crippen LogP contribution in [-0.4, -0.2) is 55.0 Å². The van der Waals surface area contributed by atoms with Crippen LogP contribution in [0.1, 0.15) is 39.2 Å². The fourth-order valence-corrected chi connectivity index (χ4v) is 3.83. The lowest BCUT2D eigenvalue weighted by atomic mass is 10.0. The van der Waals surface area contributed by atoms with E-state index in [1.54, 1.807) is 4.68 Å². The highest BCUT2D eigenvalue weighted by Crippen LogP contribution is 2.22. The van der Waals surface area contributed by atoms with Crippen molar-refractivity contribution in [2.75, 3.05) is 12.4 Å². The van der Waals surface area contributed by atoms with Crippen molar-refractivity contribution >= 4 is 17.7 Å². The van der Waals surface area contributed by atoms with E-state index in [9.17, 15) is 4.79 Å². The summed E-state index contributed by atoms with van der Waals surface area (Å²) in [6.45, 7) is 8.19.